The summed E-state index contributed by atoms with van der Waals surface area (Å²) in [7, 11) is 1.59. The zero-order valence-electron chi connectivity index (χ0n) is 22.6. The number of nitrogens with one attached hydrogen (secondary N) is 1. The number of unbranched alkanes of at least 4 members (excludes halogenated alkanes) is 4. The average Bonchev–Trinajstić information content (AvgIpc) is 2.88. The van der Waals surface area contributed by atoms with Gasteiger partial charge in [0.1, 0.15) is 18.1 Å². The Labute approximate surface area is 220 Å². The third kappa shape index (κ3) is 10.7. The molecular formula is C29H42N2O6. The van der Waals surface area contributed by atoms with Crippen molar-refractivity contribution >= 4 is 17.7 Å². The Morgan fingerprint density at radius 1 is 1.00 bits per heavy atom. The summed E-state index contributed by atoms with van der Waals surface area (Å²) in [5.74, 6) is 0.307. The number of rotatable bonds is 17. The highest BCUT2D eigenvalue weighted by atomic mass is 16.5. The summed E-state index contributed by atoms with van der Waals surface area (Å²) in [5.41, 5.74) is 2.53. The quantitative estimate of drug-likeness (QED) is 0.254. The number of anilines is 1. The Bertz CT molecular complexity index is 963. The highest BCUT2D eigenvalue weighted by molar-refractivity contribution is 5.91. The maximum Gasteiger partial charge on any atom is 0.333 e. The van der Waals surface area contributed by atoms with Crippen LogP contribution >= 0.6 is 0 Å². The number of urea groups is 1. The van der Waals surface area contributed by atoms with E-state index >= 15 is 0 Å². The highest BCUT2D eigenvalue weighted by Gasteiger charge is 2.18. The maximum atomic E-state index is 13.2. The second-order valence-electron chi connectivity index (χ2n) is 9.01. The molecule has 8 nitrogen and oxygen atoms in total. The fourth-order valence-corrected chi connectivity index (χ4v) is 3.96. The number of methoxy groups -OCH3 is 1. The van der Waals surface area contributed by atoms with Gasteiger partial charge in [-0.05, 0) is 55.7 Å². The summed E-state index contributed by atoms with van der Waals surface area (Å²) in [6.45, 7) is 7.68. The Balaban J connectivity index is 1.96. The molecule has 2 rings (SSSR count). The molecule has 2 aromatic carbocycles. The Hall–Kier alpha value is -3.26. The monoisotopic (exact) mass is 514 g/mol. The van der Waals surface area contributed by atoms with Crippen molar-refractivity contribution in [3.63, 3.8) is 0 Å². The van der Waals surface area contributed by atoms with Crippen molar-refractivity contribution in [1.82, 2.24) is 4.90 Å². The van der Waals surface area contributed by atoms with Crippen LogP contribution in [0.2, 0.25) is 0 Å². The zero-order valence-corrected chi connectivity index (χ0v) is 22.6. The van der Waals surface area contributed by atoms with Gasteiger partial charge in [-0.15, -0.1) is 0 Å². The second-order valence-corrected chi connectivity index (χ2v) is 9.01. The van der Waals surface area contributed by atoms with Crippen LogP contribution in [0.1, 0.15) is 57.1 Å². The molecule has 37 heavy (non-hydrogen) atoms. The van der Waals surface area contributed by atoms with Crippen LogP contribution in [-0.4, -0.2) is 61.5 Å². The lowest BCUT2D eigenvalue weighted by Crippen LogP contribution is -2.38. The van der Waals surface area contributed by atoms with Crippen molar-refractivity contribution in [2.75, 3.05) is 38.7 Å². The van der Waals surface area contributed by atoms with Crippen LogP contribution in [0, 0.1) is 6.92 Å². The van der Waals surface area contributed by atoms with Gasteiger partial charge in [0, 0.05) is 19.6 Å². The lowest BCUT2D eigenvalue weighted by molar-refractivity contribution is -0.149. The lowest BCUT2D eigenvalue weighted by Gasteiger charge is -2.24. The van der Waals surface area contributed by atoms with Crippen molar-refractivity contribution in [3.05, 3.63) is 53.6 Å². The fraction of sp³-hybridized carbons (Fsp3) is 0.517. The standard InChI is InChI=1S/C29H42N2O6/c1-5-7-8-9-10-17-31(29(34)30-25-20-22(3)11-16-26(25)35-4)18-19-37-24-14-12-23(13-15-24)21-27(28(32)33)36-6-2/h11-16,20,27H,5-10,17-19,21H2,1-4H3,(H,30,34)(H,32,33). The molecule has 0 aliphatic carbocycles. The van der Waals surface area contributed by atoms with E-state index in [1.54, 1.807) is 18.9 Å². The smallest absolute Gasteiger partial charge is 0.333 e. The van der Waals surface area contributed by atoms with Crippen molar-refractivity contribution in [1.29, 1.82) is 0 Å². The number of carboxylic acid groups (broad SMARTS) is 1. The van der Waals surface area contributed by atoms with Crippen LogP contribution in [0.25, 0.3) is 0 Å². The first-order valence-electron chi connectivity index (χ1n) is 13.1. The number of hydrogen-bond donors (Lipinski definition) is 2. The minimum atomic E-state index is -0.974. The molecule has 8 heteroatoms. The second kappa shape index (κ2) is 16.5. The van der Waals surface area contributed by atoms with Gasteiger partial charge >= 0.3 is 12.0 Å². The zero-order chi connectivity index (χ0) is 27.0. The summed E-state index contributed by atoms with van der Waals surface area (Å²) in [5, 5.41) is 12.3. The number of hydrogen-bond acceptors (Lipinski definition) is 5. The molecule has 0 aromatic heterocycles. The molecule has 0 fully saturated rings. The molecule has 0 saturated heterocycles. The number of nitrogens with zero attached hydrogens (tertiary/aromatic N) is 1. The van der Waals surface area contributed by atoms with Gasteiger partial charge in [-0.3, -0.25) is 0 Å². The van der Waals surface area contributed by atoms with Crippen molar-refractivity contribution < 1.29 is 28.9 Å². The first-order chi connectivity index (χ1) is 17.9. The molecule has 0 aliphatic rings. The van der Waals surface area contributed by atoms with Crippen LogP contribution in [0.4, 0.5) is 10.5 Å². The van der Waals surface area contributed by atoms with Crippen LogP contribution in [0.15, 0.2) is 42.5 Å². The minimum absolute atomic E-state index is 0.186. The van der Waals surface area contributed by atoms with E-state index in [2.05, 4.69) is 12.2 Å². The molecular weight excluding hydrogens is 472 g/mol. The summed E-state index contributed by atoms with van der Waals surface area (Å²) in [4.78, 5) is 26.3. The van der Waals surface area contributed by atoms with Gasteiger partial charge in [0.15, 0.2) is 6.10 Å². The number of carbonyl (C=O) groups excluding carboxylic acids is 1. The van der Waals surface area contributed by atoms with Gasteiger partial charge in [-0.2, -0.15) is 0 Å². The highest BCUT2D eigenvalue weighted by Crippen LogP contribution is 2.25. The van der Waals surface area contributed by atoms with Crippen LogP contribution < -0.4 is 14.8 Å². The summed E-state index contributed by atoms with van der Waals surface area (Å²) in [6, 6.07) is 12.8. The van der Waals surface area contributed by atoms with E-state index in [0.29, 0.717) is 43.5 Å². The molecule has 0 radical (unpaired) electrons. The van der Waals surface area contributed by atoms with Crippen LogP contribution in [0.5, 0.6) is 11.5 Å². The average molecular weight is 515 g/mol. The predicted octanol–water partition coefficient (Wildman–Crippen LogP) is 5.92. The van der Waals surface area contributed by atoms with Crippen LogP contribution in [-0.2, 0) is 16.0 Å². The molecule has 0 spiro atoms. The Morgan fingerprint density at radius 3 is 2.38 bits per heavy atom. The Morgan fingerprint density at radius 2 is 1.73 bits per heavy atom. The van der Waals surface area contributed by atoms with Gasteiger partial charge in [0.2, 0.25) is 0 Å². The van der Waals surface area contributed by atoms with Crippen LogP contribution in [0.3, 0.4) is 0 Å². The Kier molecular flexibility index (Phi) is 13.3. The number of ether oxygens (including phenoxy) is 3. The first-order valence-corrected chi connectivity index (χ1v) is 13.1. The number of benzene rings is 2. The predicted molar refractivity (Wildman–Crippen MR) is 146 cm³/mol. The first kappa shape index (κ1) is 30.0. The van der Waals surface area contributed by atoms with Gasteiger partial charge in [0.25, 0.3) is 0 Å². The SMILES string of the molecule is CCCCCCCN(CCOc1ccc(CC(OCC)C(=O)O)cc1)C(=O)Nc1cc(C)ccc1OC. The van der Waals surface area contributed by atoms with E-state index in [0.717, 1.165) is 30.4 Å². The van der Waals surface area contributed by atoms with Crippen molar-refractivity contribution in [3.8, 4) is 11.5 Å². The fourth-order valence-electron chi connectivity index (χ4n) is 3.96. The van der Waals surface area contributed by atoms with Gasteiger partial charge in [-0.25, -0.2) is 9.59 Å². The topological polar surface area (TPSA) is 97.3 Å². The van der Waals surface area contributed by atoms with E-state index in [9.17, 15) is 14.7 Å². The van der Waals surface area contributed by atoms with Gasteiger partial charge < -0.3 is 29.5 Å². The molecule has 2 amide bonds. The minimum Gasteiger partial charge on any atom is -0.495 e. The van der Waals surface area contributed by atoms with Crippen molar-refractivity contribution in [2.24, 2.45) is 0 Å². The van der Waals surface area contributed by atoms with Gasteiger partial charge in [-0.1, -0.05) is 50.8 Å². The summed E-state index contributed by atoms with van der Waals surface area (Å²) < 4.78 is 16.6. The summed E-state index contributed by atoms with van der Waals surface area (Å²) >= 11 is 0. The van der Waals surface area contributed by atoms with Crippen molar-refractivity contribution in [2.45, 2.75) is 65.4 Å². The molecule has 0 bridgehead atoms. The van der Waals surface area contributed by atoms with E-state index < -0.39 is 12.1 Å². The number of aryl methyl sites for hydroxylation is 1. The van der Waals surface area contributed by atoms with E-state index in [4.69, 9.17) is 14.2 Å². The molecule has 0 heterocycles. The third-order valence-corrected chi connectivity index (χ3v) is 6.03. The molecule has 2 aromatic rings. The normalized spacial score (nSPS) is 11.6. The molecule has 204 valence electrons. The van der Waals surface area contributed by atoms with E-state index in [-0.39, 0.29) is 12.5 Å². The maximum absolute atomic E-state index is 13.2. The largest absolute Gasteiger partial charge is 0.495 e. The van der Waals surface area contributed by atoms with Gasteiger partial charge in [0.05, 0.1) is 19.3 Å². The third-order valence-electron chi connectivity index (χ3n) is 6.03. The molecule has 0 aliphatic heterocycles. The number of carbonyl (C=O) groups is 2. The number of carboxylic acids is 1. The summed E-state index contributed by atoms with van der Waals surface area (Å²) in [6.07, 6.45) is 4.96. The number of amides is 2. The number of aliphatic carboxylic acids is 1. The molecule has 0 saturated carbocycles. The van der Waals surface area contributed by atoms with E-state index in [1.807, 2.05) is 49.4 Å². The molecule has 1 atom stereocenters. The van der Waals surface area contributed by atoms with E-state index in [1.165, 1.54) is 12.8 Å². The lowest BCUT2D eigenvalue weighted by atomic mass is 10.1. The molecule has 1 unspecified atom stereocenters. The molecule has 2 N–H and O–H groups in total.